The Hall–Kier alpha value is -2.16. The molecule has 2 atom stereocenters. The topological polar surface area (TPSA) is 62.3 Å². The number of alkyl halides is 3. The molecule has 148 valence electrons. The van der Waals surface area contributed by atoms with E-state index in [-0.39, 0.29) is 38.2 Å². The lowest BCUT2D eigenvalue weighted by Crippen LogP contribution is -2.40. The van der Waals surface area contributed by atoms with Gasteiger partial charge in [0.2, 0.25) is 5.91 Å². The van der Waals surface area contributed by atoms with Crippen molar-refractivity contribution in [3.8, 4) is 0 Å². The second-order valence-corrected chi connectivity index (χ2v) is 8.89. The molecule has 0 radical (unpaired) electrons. The number of nitrogens with zero attached hydrogens (tertiary/aromatic N) is 2. The third-order valence-corrected chi connectivity index (χ3v) is 7.07. The van der Waals surface area contributed by atoms with Crippen molar-refractivity contribution in [3.63, 3.8) is 0 Å². The molecule has 3 aliphatic rings. The lowest BCUT2D eigenvalue weighted by Gasteiger charge is -2.25. The summed E-state index contributed by atoms with van der Waals surface area (Å²) in [4.78, 5) is 32.0. The zero-order chi connectivity index (χ0) is 19.8. The molecule has 1 saturated heterocycles. The van der Waals surface area contributed by atoms with Crippen LogP contribution in [0.25, 0.3) is 10.2 Å². The van der Waals surface area contributed by atoms with Crippen LogP contribution < -0.4 is 5.32 Å². The fraction of sp³-hybridized carbons (Fsp3) is 0.526. The lowest BCUT2D eigenvalue weighted by molar-refractivity contribution is -0.137. The molecular weight excluding hydrogens is 391 g/mol. The molecule has 28 heavy (non-hydrogen) atoms. The first-order valence-electron chi connectivity index (χ1n) is 9.43. The first-order valence-corrected chi connectivity index (χ1v) is 10.2. The second-order valence-electron chi connectivity index (χ2n) is 7.89. The summed E-state index contributed by atoms with van der Waals surface area (Å²) in [6.45, 7) is 2.37. The predicted molar refractivity (Wildman–Crippen MR) is 98.5 cm³/mol. The van der Waals surface area contributed by atoms with Gasteiger partial charge in [-0.1, -0.05) is 6.92 Å². The van der Waals surface area contributed by atoms with E-state index >= 15 is 0 Å². The van der Waals surface area contributed by atoms with Crippen LogP contribution in [0.3, 0.4) is 0 Å². The van der Waals surface area contributed by atoms with Gasteiger partial charge >= 0.3 is 6.18 Å². The fourth-order valence-corrected chi connectivity index (χ4v) is 5.79. The minimum absolute atomic E-state index is 0.00903. The molecule has 4 heterocycles. The van der Waals surface area contributed by atoms with Crippen LogP contribution in [0.1, 0.15) is 52.7 Å². The summed E-state index contributed by atoms with van der Waals surface area (Å²) >= 11 is 0.959. The maximum absolute atomic E-state index is 14.2. The first kappa shape index (κ1) is 17.9. The van der Waals surface area contributed by atoms with Gasteiger partial charge in [-0.3, -0.25) is 9.59 Å². The number of nitrogens with one attached hydrogen (secondary N) is 1. The molecule has 0 bridgehead atoms. The van der Waals surface area contributed by atoms with E-state index in [4.69, 9.17) is 0 Å². The third-order valence-electron chi connectivity index (χ3n) is 6.00. The highest BCUT2D eigenvalue weighted by atomic mass is 32.1. The Bertz CT molecular complexity index is 1030. The zero-order valence-corrected chi connectivity index (χ0v) is 16.0. The average molecular weight is 409 g/mol. The Morgan fingerprint density at radius 1 is 1.25 bits per heavy atom. The van der Waals surface area contributed by atoms with E-state index in [2.05, 4.69) is 10.3 Å². The number of carbonyl (C=O) groups excluding carboxylic acids is 2. The van der Waals surface area contributed by atoms with Crippen molar-refractivity contribution < 1.29 is 22.8 Å². The van der Waals surface area contributed by atoms with Crippen LogP contribution in [-0.4, -0.2) is 34.3 Å². The summed E-state index contributed by atoms with van der Waals surface area (Å²) in [6, 6.07) is -0.609. The number of fused-ring (bicyclic) bond motifs is 5. The number of anilines is 1. The standard InChI is InChI=1S/C19H18F3N3O2S/c1-8-4-5-10-9(7-8)13(19(20,21)22)12-14-15(28-17(12)23-10)18(27)25-6-2-3-11(25)16(26)24-14/h8,11H,2-7H2,1H3,(H,24,26)/t8?,11-/m1/s1. The van der Waals surface area contributed by atoms with E-state index in [0.717, 1.165) is 17.8 Å². The Morgan fingerprint density at radius 3 is 2.79 bits per heavy atom. The lowest BCUT2D eigenvalue weighted by atomic mass is 9.84. The zero-order valence-electron chi connectivity index (χ0n) is 15.2. The monoisotopic (exact) mass is 409 g/mol. The summed E-state index contributed by atoms with van der Waals surface area (Å²) in [5.41, 5.74) is -0.0603. The molecule has 0 saturated carbocycles. The van der Waals surface area contributed by atoms with Crippen molar-refractivity contribution in [2.45, 2.75) is 51.2 Å². The Balaban J connectivity index is 1.82. The number of pyridine rings is 1. The largest absolute Gasteiger partial charge is 0.417 e. The number of thiophene rings is 1. The van der Waals surface area contributed by atoms with Gasteiger partial charge in [0, 0.05) is 17.6 Å². The minimum Gasteiger partial charge on any atom is -0.326 e. The number of halogens is 3. The van der Waals surface area contributed by atoms with Crippen LogP contribution in [0.2, 0.25) is 0 Å². The number of hydrogen-bond donors (Lipinski definition) is 1. The molecule has 1 fully saturated rings. The van der Waals surface area contributed by atoms with Crippen molar-refractivity contribution >= 4 is 39.1 Å². The Morgan fingerprint density at radius 2 is 2.04 bits per heavy atom. The summed E-state index contributed by atoms with van der Waals surface area (Å²) in [7, 11) is 0. The highest BCUT2D eigenvalue weighted by Crippen LogP contribution is 2.48. The Labute approximate surface area is 162 Å². The molecule has 2 amide bonds. The van der Waals surface area contributed by atoms with E-state index in [1.807, 2.05) is 6.92 Å². The molecule has 1 N–H and O–H groups in total. The van der Waals surface area contributed by atoms with Crippen LogP contribution in [0.15, 0.2) is 0 Å². The maximum Gasteiger partial charge on any atom is 0.417 e. The van der Waals surface area contributed by atoms with Gasteiger partial charge in [-0.15, -0.1) is 11.3 Å². The quantitative estimate of drug-likeness (QED) is 0.716. The van der Waals surface area contributed by atoms with E-state index in [1.165, 1.54) is 4.90 Å². The van der Waals surface area contributed by atoms with Gasteiger partial charge in [-0.25, -0.2) is 4.98 Å². The van der Waals surface area contributed by atoms with Gasteiger partial charge in [0.1, 0.15) is 15.7 Å². The molecule has 5 rings (SSSR count). The van der Waals surface area contributed by atoms with Crippen molar-refractivity contribution in [2.24, 2.45) is 5.92 Å². The number of rotatable bonds is 0. The summed E-state index contributed by atoms with van der Waals surface area (Å²) in [5.74, 6) is -0.659. The van der Waals surface area contributed by atoms with E-state index in [0.29, 0.717) is 37.9 Å². The van der Waals surface area contributed by atoms with E-state index in [9.17, 15) is 22.8 Å². The van der Waals surface area contributed by atoms with Crippen molar-refractivity contribution in [3.05, 3.63) is 21.7 Å². The molecule has 0 spiro atoms. The normalized spacial score (nSPS) is 24.6. The van der Waals surface area contributed by atoms with Crippen molar-refractivity contribution in [2.75, 3.05) is 11.9 Å². The highest BCUT2D eigenvalue weighted by molar-refractivity contribution is 7.21. The molecule has 1 aliphatic carbocycles. The van der Waals surface area contributed by atoms with Crippen molar-refractivity contribution in [1.82, 2.24) is 9.88 Å². The number of amides is 2. The van der Waals surface area contributed by atoms with Crippen LogP contribution in [-0.2, 0) is 23.8 Å². The van der Waals surface area contributed by atoms with Gasteiger partial charge < -0.3 is 10.2 Å². The second kappa shape index (κ2) is 5.92. The number of hydrogen-bond acceptors (Lipinski definition) is 4. The smallest absolute Gasteiger partial charge is 0.326 e. The predicted octanol–water partition coefficient (Wildman–Crippen LogP) is 4.00. The van der Waals surface area contributed by atoms with Gasteiger partial charge in [0.05, 0.1) is 11.3 Å². The molecular formula is C19H18F3N3O2S. The average Bonchev–Trinajstić information content (AvgIpc) is 3.21. The van der Waals surface area contributed by atoms with E-state index < -0.39 is 23.7 Å². The van der Waals surface area contributed by atoms with Gasteiger partial charge in [0.15, 0.2) is 0 Å². The van der Waals surface area contributed by atoms with Crippen LogP contribution in [0.4, 0.5) is 18.9 Å². The number of aromatic nitrogens is 1. The van der Waals surface area contributed by atoms with Crippen LogP contribution >= 0.6 is 11.3 Å². The molecule has 2 aliphatic heterocycles. The molecule has 1 unspecified atom stereocenters. The molecule has 2 aromatic heterocycles. The highest BCUT2D eigenvalue weighted by Gasteiger charge is 2.44. The third kappa shape index (κ3) is 2.48. The molecule has 9 heteroatoms. The summed E-state index contributed by atoms with van der Waals surface area (Å²) < 4.78 is 42.5. The molecule has 5 nitrogen and oxygen atoms in total. The SMILES string of the molecule is CC1CCc2nc3sc4c(c3c(C(F)(F)F)c2C1)NC(=O)[C@H]1CCCN1C4=O. The summed E-state index contributed by atoms with van der Waals surface area (Å²) in [5, 5.41) is 2.52. The number of carbonyl (C=O) groups is 2. The molecule has 2 aromatic rings. The fourth-order valence-electron chi connectivity index (χ4n) is 4.68. The maximum atomic E-state index is 14.2. The Kier molecular flexibility index (Phi) is 3.78. The van der Waals surface area contributed by atoms with E-state index in [1.54, 1.807) is 0 Å². The van der Waals surface area contributed by atoms with Gasteiger partial charge in [-0.2, -0.15) is 13.2 Å². The van der Waals surface area contributed by atoms with Crippen LogP contribution in [0.5, 0.6) is 0 Å². The number of aryl methyl sites for hydroxylation is 1. The minimum atomic E-state index is -4.59. The van der Waals surface area contributed by atoms with Gasteiger partial charge in [-0.05, 0) is 43.6 Å². The summed E-state index contributed by atoms with van der Waals surface area (Å²) in [6.07, 6.45) is -1.77. The van der Waals surface area contributed by atoms with Crippen molar-refractivity contribution in [1.29, 1.82) is 0 Å². The van der Waals surface area contributed by atoms with Crippen LogP contribution in [0, 0.1) is 5.92 Å². The molecule has 0 aromatic carbocycles. The first-order chi connectivity index (χ1) is 13.3. The van der Waals surface area contributed by atoms with Gasteiger partial charge in [0.25, 0.3) is 5.91 Å².